The molecule has 176 valence electrons. The van der Waals surface area contributed by atoms with Gasteiger partial charge < -0.3 is 18.9 Å². The third kappa shape index (κ3) is 6.31. The fourth-order valence-corrected chi connectivity index (χ4v) is 4.63. The molecule has 0 bridgehead atoms. The molecule has 1 aromatic rings. The number of hydrogen-bond acceptors (Lipinski definition) is 4. The lowest BCUT2D eigenvalue weighted by Gasteiger charge is -2.45. The van der Waals surface area contributed by atoms with Crippen molar-refractivity contribution in [2.45, 2.75) is 91.5 Å². The van der Waals surface area contributed by atoms with Gasteiger partial charge in [0.1, 0.15) is 0 Å². The van der Waals surface area contributed by atoms with E-state index >= 15 is 0 Å². The fourth-order valence-electron chi connectivity index (χ4n) is 4.63. The van der Waals surface area contributed by atoms with Crippen LogP contribution in [0.15, 0.2) is 24.3 Å². The van der Waals surface area contributed by atoms with Crippen molar-refractivity contribution in [2.75, 3.05) is 33.0 Å². The molecule has 1 atom stereocenters. The van der Waals surface area contributed by atoms with Gasteiger partial charge >= 0.3 is 0 Å². The predicted octanol–water partition coefficient (Wildman–Crippen LogP) is 5.95. The monoisotopic (exact) mass is 432 g/mol. The molecule has 2 heterocycles. The van der Waals surface area contributed by atoms with Crippen molar-refractivity contribution in [2.24, 2.45) is 10.8 Å². The summed E-state index contributed by atoms with van der Waals surface area (Å²) in [5, 5.41) is 0. The maximum Gasteiger partial charge on any atom is 0.0724 e. The third-order valence-corrected chi connectivity index (χ3v) is 7.64. The van der Waals surface area contributed by atoms with Crippen LogP contribution in [0.25, 0.3) is 0 Å². The summed E-state index contributed by atoms with van der Waals surface area (Å²) in [7, 11) is 0. The minimum atomic E-state index is -0.145. The molecule has 0 N–H and O–H groups in total. The van der Waals surface area contributed by atoms with Gasteiger partial charge in [-0.05, 0) is 57.6 Å². The van der Waals surface area contributed by atoms with E-state index in [1.165, 1.54) is 11.1 Å². The summed E-state index contributed by atoms with van der Waals surface area (Å²) < 4.78 is 23.7. The Kier molecular flexibility index (Phi) is 7.89. The van der Waals surface area contributed by atoms with E-state index in [4.69, 9.17) is 18.9 Å². The van der Waals surface area contributed by atoms with Crippen LogP contribution < -0.4 is 0 Å². The van der Waals surface area contributed by atoms with Crippen molar-refractivity contribution in [1.29, 1.82) is 0 Å². The SMILES string of the molecule is CCC1(COC(C)(CC)Cc2ccc(COC(C)(C)CC3(CC)COC3)cc2)COC1. The molecule has 1 unspecified atom stereocenters. The maximum absolute atomic E-state index is 6.46. The summed E-state index contributed by atoms with van der Waals surface area (Å²) in [4.78, 5) is 0. The average molecular weight is 433 g/mol. The second-order valence-corrected chi connectivity index (χ2v) is 11.0. The minimum Gasteiger partial charge on any atom is -0.380 e. The Morgan fingerprint density at radius 3 is 1.81 bits per heavy atom. The zero-order valence-corrected chi connectivity index (χ0v) is 20.7. The van der Waals surface area contributed by atoms with E-state index in [0.717, 1.165) is 65.1 Å². The van der Waals surface area contributed by atoms with Crippen LogP contribution in [-0.4, -0.2) is 44.2 Å². The lowest BCUT2D eigenvalue weighted by molar-refractivity contribution is -0.178. The summed E-state index contributed by atoms with van der Waals surface area (Å²) in [6.45, 7) is 18.2. The van der Waals surface area contributed by atoms with E-state index < -0.39 is 0 Å². The van der Waals surface area contributed by atoms with Gasteiger partial charge in [0, 0.05) is 17.3 Å². The van der Waals surface area contributed by atoms with Gasteiger partial charge in [-0.25, -0.2) is 0 Å². The first kappa shape index (κ1) is 24.7. The first-order valence-corrected chi connectivity index (χ1v) is 12.2. The Bertz CT molecular complexity index is 677. The number of ether oxygens (including phenoxy) is 4. The molecule has 0 spiro atoms. The normalized spacial score (nSPS) is 21.7. The molecule has 2 fully saturated rings. The van der Waals surface area contributed by atoms with E-state index in [2.05, 4.69) is 65.8 Å². The van der Waals surface area contributed by atoms with Gasteiger partial charge in [-0.2, -0.15) is 0 Å². The van der Waals surface area contributed by atoms with Crippen LogP contribution in [-0.2, 0) is 32.0 Å². The van der Waals surface area contributed by atoms with E-state index in [-0.39, 0.29) is 16.6 Å². The van der Waals surface area contributed by atoms with Gasteiger partial charge in [0.25, 0.3) is 0 Å². The molecule has 4 nitrogen and oxygen atoms in total. The Morgan fingerprint density at radius 2 is 1.35 bits per heavy atom. The lowest BCUT2D eigenvalue weighted by Crippen LogP contribution is -2.48. The molecule has 1 aromatic carbocycles. The van der Waals surface area contributed by atoms with Crippen molar-refractivity contribution >= 4 is 0 Å². The summed E-state index contributed by atoms with van der Waals surface area (Å²) in [6.07, 6.45) is 5.24. The second kappa shape index (κ2) is 9.91. The van der Waals surface area contributed by atoms with Crippen molar-refractivity contribution in [3.05, 3.63) is 35.4 Å². The zero-order chi connectivity index (χ0) is 22.6. The quantitative estimate of drug-likeness (QED) is 0.386. The molecule has 0 saturated carbocycles. The zero-order valence-electron chi connectivity index (χ0n) is 20.7. The van der Waals surface area contributed by atoms with Gasteiger partial charge in [-0.3, -0.25) is 0 Å². The second-order valence-electron chi connectivity index (χ2n) is 11.0. The van der Waals surface area contributed by atoms with Crippen molar-refractivity contribution in [3.8, 4) is 0 Å². The first-order valence-electron chi connectivity index (χ1n) is 12.2. The average Bonchev–Trinajstić information content (AvgIpc) is 2.70. The highest BCUT2D eigenvalue weighted by atomic mass is 16.5. The molecule has 0 radical (unpaired) electrons. The molecular formula is C27H44O4. The smallest absolute Gasteiger partial charge is 0.0724 e. The largest absolute Gasteiger partial charge is 0.380 e. The highest BCUT2D eigenvalue weighted by Crippen LogP contribution is 2.40. The summed E-state index contributed by atoms with van der Waals surface area (Å²) in [5.74, 6) is 0. The van der Waals surface area contributed by atoms with Crippen LogP contribution >= 0.6 is 0 Å². The van der Waals surface area contributed by atoms with Gasteiger partial charge in [-0.1, -0.05) is 45.0 Å². The molecule has 0 aliphatic carbocycles. The van der Waals surface area contributed by atoms with Crippen molar-refractivity contribution in [1.82, 2.24) is 0 Å². The number of hydrogen-bond donors (Lipinski definition) is 0. The van der Waals surface area contributed by atoms with Gasteiger partial charge in [0.15, 0.2) is 0 Å². The Hall–Kier alpha value is -0.940. The molecule has 2 saturated heterocycles. The van der Waals surface area contributed by atoms with E-state index in [0.29, 0.717) is 12.0 Å². The van der Waals surface area contributed by atoms with Gasteiger partial charge in [0.2, 0.25) is 0 Å². The molecule has 0 aromatic heterocycles. The Morgan fingerprint density at radius 1 is 0.806 bits per heavy atom. The predicted molar refractivity (Wildman–Crippen MR) is 125 cm³/mol. The molecular weight excluding hydrogens is 388 g/mol. The summed E-state index contributed by atoms with van der Waals surface area (Å²) in [6, 6.07) is 8.88. The van der Waals surface area contributed by atoms with Crippen molar-refractivity contribution < 1.29 is 18.9 Å². The molecule has 2 aliphatic rings. The Balaban J connectivity index is 1.50. The molecule has 31 heavy (non-hydrogen) atoms. The maximum atomic E-state index is 6.46. The summed E-state index contributed by atoms with van der Waals surface area (Å²) in [5.41, 5.74) is 2.79. The topological polar surface area (TPSA) is 36.9 Å². The van der Waals surface area contributed by atoms with Crippen molar-refractivity contribution in [3.63, 3.8) is 0 Å². The van der Waals surface area contributed by atoms with Crippen LogP contribution in [0.4, 0.5) is 0 Å². The first-order chi connectivity index (χ1) is 14.7. The van der Waals surface area contributed by atoms with E-state index in [1.54, 1.807) is 0 Å². The number of rotatable bonds is 13. The highest BCUT2D eigenvalue weighted by molar-refractivity contribution is 5.23. The highest BCUT2D eigenvalue weighted by Gasteiger charge is 2.42. The molecule has 2 aliphatic heterocycles. The minimum absolute atomic E-state index is 0.142. The molecule has 4 heteroatoms. The molecule has 3 rings (SSSR count). The summed E-state index contributed by atoms with van der Waals surface area (Å²) >= 11 is 0. The van der Waals surface area contributed by atoms with Crippen LogP contribution in [0, 0.1) is 10.8 Å². The number of benzene rings is 1. The third-order valence-electron chi connectivity index (χ3n) is 7.64. The lowest BCUT2D eigenvalue weighted by atomic mass is 9.74. The van der Waals surface area contributed by atoms with Gasteiger partial charge in [0.05, 0.1) is 50.8 Å². The Labute approximate surface area is 190 Å². The van der Waals surface area contributed by atoms with Gasteiger partial charge in [-0.15, -0.1) is 0 Å². The van der Waals surface area contributed by atoms with Crippen LogP contribution in [0.3, 0.4) is 0 Å². The molecule has 0 amide bonds. The van der Waals surface area contributed by atoms with E-state index in [1.807, 2.05) is 0 Å². The van der Waals surface area contributed by atoms with Crippen LogP contribution in [0.1, 0.15) is 78.4 Å². The fraction of sp³-hybridized carbons (Fsp3) is 0.778. The standard InChI is InChI=1S/C27H44O4/c1-7-25(6,31-21-27(9-3)19-29-20-27)14-22-10-12-23(13-11-22)15-30-24(4,5)16-26(8-2)17-28-18-26/h10-13H,7-9,14-21H2,1-6H3. The van der Waals surface area contributed by atoms with Crippen LogP contribution in [0.2, 0.25) is 0 Å². The van der Waals surface area contributed by atoms with E-state index in [9.17, 15) is 0 Å². The van der Waals surface area contributed by atoms with Crippen LogP contribution in [0.5, 0.6) is 0 Å².